The van der Waals surface area contributed by atoms with E-state index in [-0.39, 0.29) is 55.3 Å². The lowest BCUT2D eigenvalue weighted by atomic mass is 10.1. The number of ether oxygens (including phenoxy) is 1. The first-order chi connectivity index (χ1) is 12.0. The van der Waals surface area contributed by atoms with E-state index < -0.39 is 5.97 Å². The number of benzene rings is 1. The van der Waals surface area contributed by atoms with Crippen LogP contribution in [0.1, 0.15) is 16.1 Å². The molecule has 0 unspecified atom stereocenters. The number of carbonyl (C=O) groups excluding carboxylic acids is 1. The Kier molecular flexibility index (Phi) is 4.52. The maximum Gasteiger partial charge on any atom is 0.343 e. The smallest absolute Gasteiger partial charge is 0.343 e. The maximum atomic E-state index is 12.2. The molecule has 2 aromatic rings. The largest absolute Gasteiger partial charge is 0.507 e. The molecule has 0 saturated carbocycles. The predicted octanol–water partition coefficient (Wildman–Crippen LogP) is -0.536. The molecule has 1 amide bonds. The third kappa shape index (κ3) is 3.38. The van der Waals surface area contributed by atoms with Gasteiger partial charge in [-0.25, -0.2) is 9.48 Å². The van der Waals surface area contributed by atoms with Gasteiger partial charge in [0.25, 0.3) is 0 Å². The Bertz CT molecular complexity index is 799. The number of aromatic nitrogens is 3. The van der Waals surface area contributed by atoms with Crippen molar-refractivity contribution in [2.45, 2.75) is 19.3 Å². The molecule has 1 fully saturated rings. The van der Waals surface area contributed by atoms with E-state index in [2.05, 4.69) is 10.3 Å². The van der Waals surface area contributed by atoms with Crippen molar-refractivity contribution >= 4 is 11.9 Å². The molecule has 1 aliphatic heterocycles. The highest BCUT2D eigenvalue weighted by Crippen LogP contribution is 2.29. The molecular weight excluding hydrogens is 332 g/mol. The van der Waals surface area contributed by atoms with E-state index in [9.17, 15) is 14.7 Å². The number of hydrogen-bond acceptors (Lipinski definition) is 7. The van der Waals surface area contributed by atoms with Crippen LogP contribution >= 0.6 is 0 Å². The van der Waals surface area contributed by atoms with E-state index in [0.29, 0.717) is 5.69 Å². The second-order valence-electron chi connectivity index (χ2n) is 5.54. The lowest BCUT2D eigenvalue weighted by Crippen LogP contribution is -2.57. The Balaban J connectivity index is 1.57. The highest BCUT2D eigenvalue weighted by Gasteiger charge is 2.33. The average Bonchev–Trinajstić information content (AvgIpc) is 2.97. The van der Waals surface area contributed by atoms with Crippen LogP contribution in [0.3, 0.4) is 0 Å². The first-order valence-corrected chi connectivity index (χ1v) is 7.47. The van der Waals surface area contributed by atoms with Gasteiger partial charge in [0.05, 0.1) is 31.6 Å². The second-order valence-corrected chi connectivity index (χ2v) is 5.54. The number of likely N-dealkylation sites (tertiary alicyclic amines) is 1. The van der Waals surface area contributed by atoms with Crippen molar-refractivity contribution in [2.75, 3.05) is 13.1 Å². The summed E-state index contributed by atoms with van der Waals surface area (Å²) in [4.78, 5) is 24.9. The molecule has 10 heteroatoms. The number of aliphatic hydroxyl groups excluding tert-OH is 1. The quantitative estimate of drug-likeness (QED) is 0.633. The summed E-state index contributed by atoms with van der Waals surface area (Å²) >= 11 is 0. The maximum absolute atomic E-state index is 12.2. The van der Waals surface area contributed by atoms with E-state index >= 15 is 0 Å². The number of hydrogen-bond donors (Lipinski definition) is 3. The summed E-state index contributed by atoms with van der Waals surface area (Å²) in [5.74, 6) is -1.82. The molecule has 1 aromatic heterocycles. The van der Waals surface area contributed by atoms with Crippen molar-refractivity contribution < 1.29 is 29.6 Å². The molecular formula is C15H16N4O6. The fourth-order valence-electron chi connectivity index (χ4n) is 2.49. The third-order valence-corrected chi connectivity index (χ3v) is 3.86. The molecule has 1 aromatic carbocycles. The van der Waals surface area contributed by atoms with Gasteiger partial charge in [0.1, 0.15) is 29.7 Å². The molecule has 3 N–H and O–H groups in total. The highest BCUT2D eigenvalue weighted by molar-refractivity contribution is 5.94. The third-order valence-electron chi connectivity index (χ3n) is 3.86. The van der Waals surface area contributed by atoms with Crippen molar-refractivity contribution in [1.29, 1.82) is 0 Å². The molecule has 132 valence electrons. The number of carboxylic acids is 1. The van der Waals surface area contributed by atoms with Crippen LogP contribution < -0.4 is 4.74 Å². The standard InChI is InChI=1S/C15H16N4O6/c20-8-9-4-16-17-19(9)7-13(22)18-5-10(6-18)25-12-3-1-2-11(21)14(12)15(23)24/h1-4,10,20-21H,5-8H2,(H,23,24). The number of nitrogens with zero attached hydrogens (tertiary/aromatic N) is 4. The summed E-state index contributed by atoms with van der Waals surface area (Å²) in [6, 6.07) is 4.21. The lowest BCUT2D eigenvalue weighted by molar-refractivity contribution is -0.141. The minimum absolute atomic E-state index is 0.0465. The van der Waals surface area contributed by atoms with Crippen molar-refractivity contribution in [2.24, 2.45) is 0 Å². The zero-order chi connectivity index (χ0) is 18.0. The van der Waals surface area contributed by atoms with E-state index in [1.165, 1.54) is 34.0 Å². The van der Waals surface area contributed by atoms with Gasteiger partial charge in [-0.3, -0.25) is 4.79 Å². The van der Waals surface area contributed by atoms with E-state index in [1.807, 2.05) is 0 Å². The molecule has 0 radical (unpaired) electrons. The molecule has 0 bridgehead atoms. The monoisotopic (exact) mass is 348 g/mol. The van der Waals surface area contributed by atoms with Crippen LogP contribution in [-0.2, 0) is 17.9 Å². The van der Waals surface area contributed by atoms with Crippen molar-refractivity contribution in [3.63, 3.8) is 0 Å². The molecule has 0 atom stereocenters. The van der Waals surface area contributed by atoms with Crippen LogP contribution in [0.4, 0.5) is 0 Å². The van der Waals surface area contributed by atoms with Crippen LogP contribution in [0.15, 0.2) is 24.4 Å². The van der Waals surface area contributed by atoms with Crippen molar-refractivity contribution in [3.05, 3.63) is 35.7 Å². The van der Waals surface area contributed by atoms with Gasteiger partial charge >= 0.3 is 5.97 Å². The lowest BCUT2D eigenvalue weighted by Gasteiger charge is -2.39. The van der Waals surface area contributed by atoms with Crippen LogP contribution in [-0.4, -0.2) is 66.3 Å². The van der Waals surface area contributed by atoms with Crippen LogP contribution in [0.25, 0.3) is 0 Å². The Hall–Kier alpha value is -3.14. The zero-order valence-electron chi connectivity index (χ0n) is 13.1. The van der Waals surface area contributed by atoms with Gasteiger partial charge in [-0.05, 0) is 12.1 Å². The molecule has 10 nitrogen and oxygen atoms in total. The Labute approximate surface area is 141 Å². The molecule has 0 aliphatic carbocycles. The van der Waals surface area contributed by atoms with E-state index in [4.69, 9.17) is 14.9 Å². The zero-order valence-corrected chi connectivity index (χ0v) is 13.1. The molecule has 1 aliphatic rings. The molecule has 25 heavy (non-hydrogen) atoms. The van der Waals surface area contributed by atoms with Gasteiger partial charge in [-0.15, -0.1) is 5.10 Å². The van der Waals surface area contributed by atoms with Crippen molar-refractivity contribution in [3.8, 4) is 11.5 Å². The van der Waals surface area contributed by atoms with E-state index in [1.54, 1.807) is 0 Å². The number of amides is 1. The van der Waals surface area contributed by atoms with Gasteiger partial charge in [-0.2, -0.15) is 0 Å². The molecule has 3 rings (SSSR count). The van der Waals surface area contributed by atoms with Gasteiger partial charge in [0, 0.05) is 0 Å². The van der Waals surface area contributed by atoms with Gasteiger partial charge in [0.2, 0.25) is 5.91 Å². The Morgan fingerprint density at radius 2 is 2.08 bits per heavy atom. The predicted molar refractivity (Wildman–Crippen MR) is 82.0 cm³/mol. The first-order valence-electron chi connectivity index (χ1n) is 7.47. The number of carbonyl (C=O) groups is 2. The minimum atomic E-state index is -1.29. The van der Waals surface area contributed by atoms with Crippen molar-refractivity contribution in [1.82, 2.24) is 19.9 Å². The molecule has 0 spiro atoms. The van der Waals surface area contributed by atoms with Gasteiger partial charge in [-0.1, -0.05) is 11.3 Å². The number of aromatic hydroxyl groups is 1. The number of aromatic carboxylic acids is 1. The second kappa shape index (κ2) is 6.77. The first kappa shape index (κ1) is 16.7. The number of carboxylic acid groups (broad SMARTS) is 1. The van der Waals surface area contributed by atoms with Crippen LogP contribution in [0.2, 0.25) is 0 Å². The Morgan fingerprint density at radius 3 is 2.76 bits per heavy atom. The fourth-order valence-corrected chi connectivity index (χ4v) is 2.49. The normalized spacial score (nSPS) is 14.2. The topological polar surface area (TPSA) is 138 Å². The summed E-state index contributed by atoms with van der Waals surface area (Å²) in [6.07, 6.45) is 1.02. The summed E-state index contributed by atoms with van der Waals surface area (Å²) in [5, 5.41) is 35.3. The minimum Gasteiger partial charge on any atom is -0.507 e. The fraction of sp³-hybridized carbons (Fsp3) is 0.333. The van der Waals surface area contributed by atoms with Crippen LogP contribution in [0, 0.1) is 0 Å². The highest BCUT2D eigenvalue weighted by atomic mass is 16.5. The van der Waals surface area contributed by atoms with E-state index in [0.717, 1.165) is 0 Å². The number of aliphatic hydroxyl groups is 1. The molecule has 1 saturated heterocycles. The number of rotatable bonds is 6. The summed E-state index contributed by atoms with van der Waals surface area (Å²) in [6.45, 7) is 0.268. The summed E-state index contributed by atoms with van der Waals surface area (Å²) in [7, 11) is 0. The SMILES string of the molecule is O=C(O)c1c(O)cccc1OC1CN(C(=O)Cn2nncc2CO)C1. The average molecular weight is 348 g/mol. The summed E-state index contributed by atoms with van der Waals surface area (Å²) < 4.78 is 6.89. The van der Waals surface area contributed by atoms with Crippen LogP contribution in [0.5, 0.6) is 11.5 Å². The molecule has 2 heterocycles. The Morgan fingerprint density at radius 1 is 1.32 bits per heavy atom. The van der Waals surface area contributed by atoms with Gasteiger partial charge < -0.3 is 25.0 Å². The summed E-state index contributed by atoms with van der Waals surface area (Å²) in [5.41, 5.74) is 0.134. The van der Waals surface area contributed by atoms with Gasteiger partial charge in [0.15, 0.2) is 0 Å². The number of phenols is 1.